The fraction of sp³-hybridized carbons (Fsp3) is 0.467. The van der Waals surface area contributed by atoms with Crippen LogP contribution in [-0.2, 0) is 30.8 Å². The molecule has 0 spiro atoms. The number of carbonyl (C=O) groups excluding carboxylic acids is 3. The lowest BCUT2D eigenvalue weighted by atomic mass is 9.91. The molecular weight excluding hydrogens is 570 g/mol. The molecule has 4 rings (SSSR count). The smallest absolute Gasteiger partial charge is 0.241 e. The molecule has 2 heterocycles. The van der Waals surface area contributed by atoms with Crippen LogP contribution in [0.15, 0.2) is 53.4 Å². The zero-order chi connectivity index (χ0) is 31.0. The molecule has 0 unspecified atom stereocenters. The molecule has 0 aliphatic carbocycles. The van der Waals surface area contributed by atoms with Gasteiger partial charge in [0.2, 0.25) is 27.7 Å². The molecule has 0 radical (unpaired) electrons. The number of hydrogen-bond acceptors (Lipinski definition) is 7. The molecule has 6 N–H and O–H groups in total. The fourth-order valence-electron chi connectivity index (χ4n) is 5.57. The van der Waals surface area contributed by atoms with Gasteiger partial charge >= 0.3 is 0 Å². The van der Waals surface area contributed by atoms with Gasteiger partial charge < -0.3 is 26.2 Å². The highest BCUT2D eigenvalue weighted by molar-refractivity contribution is 7.89. The number of nitrogens with two attached hydrogens (primary N) is 1. The number of piperidine rings is 1. The third-order valence-corrected chi connectivity index (χ3v) is 9.49. The number of hydrogen-bond donors (Lipinski definition) is 5. The van der Waals surface area contributed by atoms with Crippen molar-refractivity contribution in [1.29, 1.82) is 5.41 Å². The van der Waals surface area contributed by atoms with Crippen LogP contribution in [0.5, 0.6) is 0 Å². The standard InChI is InChI=1S/C30H41N7O5S/c1-33-27(38)10-3-5-21-11-14-36(15-12-21)30(40)26(18-22-6-2-7-23(17-22)29(31)32)35-43(41,42)25-9-4-8-24(19-25)37-16-13-34-20-28(37)39/h2,4,6-9,17,19,21,26,34-35H,3,5,10-16,18,20H2,1H3,(H3,31,32)(H,33,38)/t26-/m0/s1. The van der Waals surface area contributed by atoms with E-state index in [1.807, 2.05) is 0 Å². The lowest BCUT2D eigenvalue weighted by Gasteiger charge is -2.34. The van der Waals surface area contributed by atoms with E-state index < -0.39 is 16.1 Å². The molecule has 2 aromatic carbocycles. The van der Waals surface area contributed by atoms with E-state index in [1.54, 1.807) is 53.2 Å². The maximum absolute atomic E-state index is 13.9. The number of piperazine rings is 1. The number of amidine groups is 1. The predicted octanol–water partition coefficient (Wildman–Crippen LogP) is 0.951. The number of nitrogens with zero attached hydrogens (tertiary/aromatic N) is 2. The van der Waals surface area contributed by atoms with Crippen molar-refractivity contribution in [2.75, 3.05) is 44.7 Å². The summed E-state index contributed by atoms with van der Waals surface area (Å²) in [4.78, 5) is 41.0. The Labute approximate surface area is 252 Å². The molecule has 232 valence electrons. The monoisotopic (exact) mass is 611 g/mol. The fourth-order valence-corrected chi connectivity index (χ4v) is 6.80. The molecule has 13 heteroatoms. The molecule has 2 fully saturated rings. The minimum Gasteiger partial charge on any atom is -0.384 e. The number of nitrogen functional groups attached to an aromatic ring is 1. The van der Waals surface area contributed by atoms with Crippen molar-refractivity contribution in [3.8, 4) is 0 Å². The van der Waals surface area contributed by atoms with Gasteiger partial charge in [-0.3, -0.25) is 19.8 Å². The molecule has 43 heavy (non-hydrogen) atoms. The molecule has 0 saturated carbocycles. The third-order valence-electron chi connectivity index (χ3n) is 8.02. The first-order chi connectivity index (χ1) is 20.6. The van der Waals surface area contributed by atoms with E-state index in [0.29, 0.717) is 55.3 Å². The highest BCUT2D eigenvalue weighted by atomic mass is 32.2. The number of sulfonamides is 1. The minimum atomic E-state index is -4.16. The molecule has 0 aromatic heterocycles. The van der Waals surface area contributed by atoms with Gasteiger partial charge in [-0.2, -0.15) is 4.72 Å². The van der Waals surface area contributed by atoms with Crippen LogP contribution in [0, 0.1) is 11.3 Å². The van der Waals surface area contributed by atoms with Gasteiger partial charge in [-0.1, -0.05) is 24.3 Å². The first kappa shape index (κ1) is 32.1. The van der Waals surface area contributed by atoms with Gasteiger partial charge in [0.15, 0.2) is 0 Å². The van der Waals surface area contributed by atoms with E-state index in [-0.39, 0.29) is 41.4 Å². The number of nitrogens with one attached hydrogen (secondary N) is 4. The molecule has 2 aliphatic rings. The van der Waals surface area contributed by atoms with E-state index in [1.165, 1.54) is 12.1 Å². The number of amides is 3. The molecule has 3 amide bonds. The Morgan fingerprint density at radius 3 is 2.56 bits per heavy atom. The topological polar surface area (TPSA) is 178 Å². The second-order valence-corrected chi connectivity index (χ2v) is 12.8. The molecule has 2 aliphatic heterocycles. The van der Waals surface area contributed by atoms with Crippen molar-refractivity contribution < 1.29 is 22.8 Å². The van der Waals surface area contributed by atoms with Gasteiger partial charge in [-0.25, -0.2) is 8.42 Å². The quantitative estimate of drug-likeness (QED) is 0.175. The highest BCUT2D eigenvalue weighted by Gasteiger charge is 2.32. The summed E-state index contributed by atoms with van der Waals surface area (Å²) in [5.74, 6) is -0.186. The Bertz CT molecular complexity index is 1440. The van der Waals surface area contributed by atoms with Crippen molar-refractivity contribution >= 4 is 39.3 Å². The Morgan fingerprint density at radius 2 is 1.86 bits per heavy atom. The number of anilines is 1. The number of likely N-dealkylation sites (tertiary alicyclic amines) is 1. The highest BCUT2D eigenvalue weighted by Crippen LogP contribution is 2.25. The predicted molar refractivity (Wildman–Crippen MR) is 164 cm³/mol. The summed E-state index contributed by atoms with van der Waals surface area (Å²) in [7, 11) is -2.54. The van der Waals surface area contributed by atoms with Crippen LogP contribution in [0.3, 0.4) is 0 Å². The second kappa shape index (κ2) is 14.6. The van der Waals surface area contributed by atoms with Gasteiger partial charge in [0.1, 0.15) is 11.9 Å². The minimum absolute atomic E-state index is 0.0154. The lowest BCUT2D eigenvalue weighted by molar-refractivity contribution is -0.134. The first-order valence-electron chi connectivity index (χ1n) is 14.6. The summed E-state index contributed by atoms with van der Waals surface area (Å²) in [5.41, 5.74) is 7.29. The third kappa shape index (κ3) is 8.62. The van der Waals surface area contributed by atoms with E-state index in [9.17, 15) is 22.8 Å². The van der Waals surface area contributed by atoms with Gasteiger partial charge in [0.25, 0.3) is 0 Å². The summed E-state index contributed by atoms with van der Waals surface area (Å²) in [6.07, 6.45) is 3.78. The summed E-state index contributed by atoms with van der Waals surface area (Å²) >= 11 is 0. The van der Waals surface area contributed by atoms with E-state index in [0.717, 1.165) is 25.7 Å². The largest absolute Gasteiger partial charge is 0.384 e. The van der Waals surface area contributed by atoms with Gasteiger partial charge in [0, 0.05) is 50.9 Å². The zero-order valence-electron chi connectivity index (χ0n) is 24.5. The number of benzene rings is 2. The molecule has 2 aromatic rings. The summed E-state index contributed by atoms with van der Waals surface area (Å²) in [5, 5.41) is 13.4. The van der Waals surface area contributed by atoms with Crippen molar-refractivity contribution in [2.45, 2.75) is 49.5 Å². The van der Waals surface area contributed by atoms with Crippen LogP contribution < -0.4 is 26.0 Å². The Morgan fingerprint density at radius 1 is 1.12 bits per heavy atom. The van der Waals surface area contributed by atoms with Crippen LogP contribution in [-0.4, -0.2) is 82.7 Å². The van der Waals surface area contributed by atoms with Crippen molar-refractivity contribution in [3.63, 3.8) is 0 Å². The van der Waals surface area contributed by atoms with Crippen molar-refractivity contribution in [3.05, 3.63) is 59.7 Å². The van der Waals surface area contributed by atoms with Crippen LogP contribution in [0.25, 0.3) is 0 Å². The normalized spacial score (nSPS) is 17.0. The molecule has 12 nitrogen and oxygen atoms in total. The molecule has 1 atom stereocenters. The Kier molecular flexibility index (Phi) is 10.9. The average molecular weight is 612 g/mol. The zero-order valence-corrected chi connectivity index (χ0v) is 25.3. The average Bonchev–Trinajstić information content (AvgIpc) is 3.01. The van der Waals surface area contributed by atoms with Gasteiger partial charge in [-0.15, -0.1) is 0 Å². The number of carbonyl (C=O) groups is 3. The van der Waals surface area contributed by atoms with Crippen LogP contribution >= 0.6 is 0 Å². The van der Waals surface area contributed by atoms with Crippen molar-refractivity contribution in [1.82, 2.24) is 20.3 Å². The number of rotatable bonds is 12. The lowest BCUT2D eigenvalue weighted by Crippen LogP contribution is -2.51. The second-order valence-electron chi connectivity index (χ2n) is 11.0. The first-order valence-corrected chi connectivity index (χ1v) is 16.1. The maximum Gasteiger partial charge on any atom is 0.241 e. The van der Waals surface area contributed by atoms with E-state index in [4.69, 9.17) is 11.1 Å². The Balaban J connectivity index is 1.52. The summed E-state index contributed by atoms with van der Waals surface area (Å²) in [6.45, 7) is 2.19. The summed E-state index contributed by atoms with van der Waals surface area (Å²) < 4.78 is 30.0. The SMILES string of the molecule is CNC(=O)CCCC1CCN(C(=O)[C@H](Cc2cccc(C(=N)N)c2)NS(=O)(=O)c2cccc(N3CCNCC3=O)c2)CC1. The van der Waals surface area contributed by atoms with E-state index in [2.05, 4.69) is 15.4 Å². The molecular formula is C30H41N7O5S. The van der Waals surface area contributed by atoms with Gasteiger partial charge in [0.05, 0.1) is 11.4 Å². The van der Waals surface area contributed by atoms with Crippen LogP contribution in [0.4, 0.5) is 5.69 Å². The summed E-state index contributed by atoms with van der Waals surface area (Å²) in [6, 6.07) is 11.9. The van der Waals surface area contributed by atoms with Crippen LogP contribution in [0.1, 0.15) is 43.2 Å². The van der Waals surface area contributed by atoms with E-state index >= 15 is 0 Å². The van der Waals surface area contributed by atoms with Crippen LogP contribution in [0.2, 0.25) is 0 Å². The van der Waals surface area contributed by atoms with Crippen molar-refractivity contribution in [2.24, 2.45) is 11.7 Å². The molecule has 2 saturated heterocycles. The van der Waals surface area contributed by atoms with Gasteiger partial charge in [-0.05, 0) is 67.9 Å². The maximum atomic E-state index is 13.9. The Hall–Kier alpha value is -3.81. The molecule has 0 bridgehead atoms.